The standard InChI is InChI=1S/2C27H26N4.C27H25N4.CHF3O3S.2CH4.Ag.3ClH.2Ir/c3*1-16-11-19(4)26(20(5)12-16)31-27(29-21(6)30-31)23-10-8-9-22(15-23)25-17(2)13-24(28-7)14-18(25)3;2-1(3,4)8(5,6)7;;;;;;;;/h2*8-15H,1-6H3;8-9,11-15H,1-6H3;(H,5,6,7);2*1H4;;3*1H;;/q;;-1;;;;;;;;;+3/p-3. The van der Waals surface area contributed by atoms with Crippen LogP contribution in [0.2, 0.25) is 0 Å². The molecule has 15 nitrogen and oxygen atoms in total. The van der Waals surface area contributed by atoms with E-state index in [0.29, 0.717) is 17.1 Å². The van der Waals surface area contributed by atoms with Gasteiger partial charge in [0.25, 0.3) is 0 Å². The van der Waals surface area contributed by atoms with Gasteiger partial charge in [-0.1, -0.05) is 174 Å². The molecule has 12 aromatic rings. The summed E-state index contributed by atoms with van der Waals surface area (Å²) in [5.41, 5.74) is 26.8. The summed E-state index contributed by atoms with van der Waals surface area (Å²) in [5, 5.41) is 14.2. The summed E-state index contributed by atoms with van der Waals surface area (Å²) >= 11 is -1.92. The summed E-state index contributed by atoms with van der Waals surface area (Å²) in [7, 11) is 9.08. The monoisotopic (exact) mass is 2000 g/mol. The maximum Gasteiger partial charge on any atom is 0 e. The molecule has 0 aliphatic carbocycles. The molecule has 578 valence electrons. The third-order valence-corrected chi connectivity index (χ3v) is 17.6. The van der Waals surface area contributed by atoms with Crippen molar-refractivity contribution in [3.8, 4) is 84.6 Å². The molecule has 0 unspecified atom stereocenters. The van der Waals surface area contributed by atoms with Crippen molar-refractivity contribution >= 4 is 55.9 Å². The van der Waals surface area contributed by atoms with Gasteiger partial charge in [-0.15, -0.1) is 35.4 Å². The Balaban J connectivity index is 0.000000315. The second kappa shape index (κ2) is 39.4. The Labute approximate surface area is 686 Å². The van der Waals surface area contributed by atoms with Crippen LogP contribution in [0.25, 0.3) is 99.1 Å². The van der Waals surface area contributed by atoms with E-state index < -0.39 is 29.1 Å². The van der Waals surface area contributed by atoms with Gasteiger partial charge in [0.1, 0.15) is 17.5 Å². The van der Waals surface area contributed by atoms with E-state index >= 15 is 0 Å². The number of benzene rings is 9. The van der Waals surface area contributed by atoms with Gasteiger partial charge in [0, 0.05) is 53.6 Å². The van der Waals surface area contributed by atoms with E-state index in [1.165, 1.54) is 61.2 Å². The molecule has 0 amide bonds. The van der Waals surface area contributed by atoms with Crippen LogP contribution in [0.4, 0.5) is 30.2 Å². The zero-order valence-electron chi connectivity index (χ0n) is 62.1. The average molecular weight is 2000 g/mol. The number of rotatable bonds is 9. The molecule has 0 saturated heterocycles. The number of alkyl halides is 3. The fourth-order valence-corrected chi connectivity index (χ4v) is 13.5. The van der Waals surface area contributed by atoms with Gasteiger partial charge >= 0.3 is 57.8 Å². The largest absolute Gasteiger partial charge is 0 e. The molecule has 2 radical (unpaired) electrons. The molecule has 9 aromatic carbocycles. The Bertz CT molecular complexity index is 4940. The molecule has 0 atom stereocenters. The minimum absolute atomic E-state index is 0. The van der Waals surface area contributed by atoms with Crippen LogP contribution in [0.5, 0.6) is 0 Å². The quantitative estimate of drug-likeness (QED) is 0.0642. The number of aromatic nitrogens is 9. The van der Waals surface area contributed by atoms with Gasteiger partial charge < -0.3 is 0 Å². The molecule has 0 saturated carbocycles. The van der Waals surface area contributed by atoms with Crippen LogP contribution in [0.3, 0.4) is 0 Å². The van der Waals surface area contributed by atoms with Crippen molar-refractivity contribution < 1.29 is 82.1 Å². The Morgan fingerprint density at radius 3 is 0.908 bits per heavy atom. The van der Waals surface area contributed by atoms with Gasteiger partial charge in [-0.2, -0.15) is 36.9 Å². The molecule has 12 rings (SSSR count). The predicted molar refractivity (Wildman–Crippen MR) is 428 cm³/mol. The molecular weight excluding hydrogens is 1910 g/mol. The van der Waals surface area contributed by atoms with Gasteiger partial charge in [-0.05, 0) is 198 Å². The first-order valence-corrected chi connectivity index (χ1v) is 43.1. The smallest absolute Gasteiger partial charge is 0 e. The van der Waals surface area contributed by atoms with E-state index in [1.54, 1.807) is 0 Å². The SMILES string of the molecule is C.C.O=S(=O)(O)C(F)(F)F.[Ag].[C-]#[N+]c1cc(C)c(-c2cc[c-]c(-c3nc(C)nn3-c3c(C)cc(C)cc3C)c2)c(C)c1.[C-]#[N+]c1cc(C)c(-c2cccc(-c3nc(C)nn3-c3c(C)cc(C)cc3C)c2)c(C)c1.[C-]#[N+]c1cc(C)c(-c2cccc(-c3nc(C)nn3-c3c(C)cc(C)cc3C)c2)c(C)c1.[Cl][Ir]([Cl])[Cl].[Ir]. The maximum atomic E-state index is 10.7. The van der Waals surface area contributed by atoms with Crippen LogP contribution in [-0.2, 0) is 66.1 Å². The minimum atomic E-state index is -5.84. The molecule has 0 aliphatic heterocycles. The molecule has 3 heterocycles. The first kappa shape index (κ1) is 92.9. The second-order valence-corrected chi connectivity index (χ2v) is 37.6. The topological polar surface area (TPSA) is 160 Å². The van der Waals surface area contributed by atoms with Gasteiger partial charge in [-0.3, -0.25) is 14.2 Å². The van der Waals surface area contributed by atoms with Gasteiger partial charge in [0.15, 0.2) is 28.7 Å². The van der Waals surface area contributed by atoms with Crippen molar-refractivity contribution in [3.63, 3.8) is 0 Å². The van der Waals surface area contributed by atoms with E-state index in [0.717, 1.165) is 124 Å². The van der Waals surface area contributed by atoms with Crippen LogP contribution in [0.1, 0.15) is 116 Å². The maximum absolute atomic E-state index is 10.7. The molecule has 0 spiro atoms. The second-order valence-electron chi connectivity index (χ2n) is 25.8. The van der Waals surface area contributed by atoms with Gasteiger partial charge in [-0.25, -0.2) is 33.9 Å². The number of hydrogen-bond donors (Lipinski definition) is 1. The van der Waals surface area contributed by atoms with Crippen molar-refractivity contribution in [1.82, 2.24) is 44.3 Å². The summed E-state index contributed by atoms with van der Waals surface area (Å²) < 4.78 is 63.4. The summed E-state index contributed by atoms with van der Waals surface area (Å²) in [5.74, 6) is 4.66. The molecule has 25 heteroatoms. The normalized spacial score (nSPS) is 10.7. The first-order chi connectivity index (χ1) is 49.3. The summed E-state index contributed by atoms with van der Waals surface area (Å²) in [6.07, 6.45) is 0. The Hall–Kier alpha value is -8.52. The van der Waals surface area contributed by atoms with E-state index in [4.69, 9.17) is 91.7 Å². The number of halogens is 6. The van der Waals surface area contributed by atoms with Crippen LogP contribution in [0.15, 0.2) is 140 Å². The van der Waals surface area contributed by atoms with E-state index in [1.807, 2.05) is 77.3 Å². The molecule has 3 aromatic heterocycles. The molecule has 0 fully saturated rings. The summed E-state index contributed by atoms with van der Waals surface area (Å²) in [6.45, 7) is 59.2. The summed E-state index contributed by atoms with van der Waals surface area (Å²) in [4.78, 5) is 25.1. The van der Waals surface area contributed by atoms with Crippen LogP contribution in [-0.4, -0.2) is 62.8 Å². The molecule has 109 heavy (non-hydrogen) atoms. The third kappa shape index (κ3) is 22.6. The van der Waals surface area contributed by atoms with E-state index in [2.05, 4.69) is 222 Å². The van der Waals surface area contributed by atoms with Crippen molar-refractivity contribution in [2.75, 3.05) is 0 Å². The first-order valence-electron chi connectivity index (χ1n) is 32.8. The molecule has 1 N–H and O–H groups in total. The van der Waals surface area contributed by atoms with Crippen molar-refractivity contribution in [2.45, 2.75) is 145 Å². The Kier molecular flexibility index (Phi) is 33.6. The van der Waals surface area contributed by atoms with Crippen LogP contribution >= 0.6 is 28.8 Å². The number of aryl methyl sites for hydroxylation is 18. The summed E-state index contributed by atoms with van der Waals surface area (Å²) in [6, 6.07) is 51.1. The zero-order valence-corrected chi connectivity index (χ0v) is 71.4. The van der Waals surface area contributed by atoms with E-state index in [-0.39, 0.29) is 57.3 Å². The third-order valence-electron chi connectivity index (χ3n) is 17.1. The number of hydrogen-bond acceptors (Lipinski definition) is 8. The molecule has 0 bridgehead atoms. The Morgan fingerprint density at radius 2 is 0.651 bits per heavy atom. The van der Waals surface area contributed by atoms with Crippen molar-refractivity contribution in [1.29, 1.82) is 0 Å². The fourth-order valence-electron chi connectivity index (χ4n) is 13.5. The van der Waals surface area contributed by atoms with Crippen LogP contribution in [0, 0.1) is 150 Å². The fraction of sp³-hybridized carbons (Fsp3) is 0.250. The Morgan fingerprint density at radius 1 is 0.413 bits per heavy atom. The minimum Gasteiger partial charge on any atom is 0 e. The number of nitrogens with zero attached hydrogens (tertiary/aromatic N) is 12. The van der Waals surface area contributed by atoms with E-state index in [9.17, 15) is 13.2 Å². The predicted octanol–water partition coefficient (Wildman–Crippen LogP) is 24.5. The van der Waals surface area contributed by atoms with Gasteiger partial charge in [0.05, 0.1) is 42.6 Å². The molecule has 0 aliphatic rings. The van der Waals surface area contributed by atoms with Crippen molar-refractivity contribution in [3.05, 3.63) is 281 Å². The van der Waals surface area contributed by atoms with Gasteiger partial charge in [0.2, 0.25) is 0 Å². The zero-order chi connectivity index (χ0) is 77.4. The van der Waals surface area contributed by atoms with Crippen LogP contribution < -0.4 is 0 Å². The molecular formula is C84H86AgCl3F3Ir2N12O3S-. The average Bonchev–Trinajstić information content (AvgIpc) is 1.71. The van der Waals surface area contributed by atoms with Crippen molar-refractivity contribution in [2.24, 2.45) is 0 Å².